The number of nitrogens with two attached hydrogens (primary N) is 1. The molecule has 0 aliphatic carbocycles. The van der Waals surface area contributed by atoms with E-state index in [0.717, 1.165) is 30.4 Å². The monoisotopic (exact) mass is 790 g/mol. The summed E-state index contributed by atoms with van der Waals surface area (Å²) in [4.78, 5) is 0. The SMILES string of the molecule is CCCCCCCCCCCCOc1cc(-c2nnc(-c3ccc(N)cc3)o2)cc(OCCCCCCCCCCCC)c1OCCCCCCCCCCCC. The van der Waals surface area contributed by atoms with E-state index >= 15 is 0 Å². The highest BCUT2D eigenvalue weighted by Crippen LogP contribution is 2.42. The van der Waals surface area contributed by atoms with Crippen LogP contribution < -0.4 is 19.9 Å². The van der Waals surface area contributed by atoms with Gasteiger partial charge in [-0.25, -0.2) is 0 Å². The van der Waals surface area contributed by atoms with E-state index < -0.39 is 0 Å². The molecular weight excluding hydrogens is 707 g/mol. The maximum atomic E-state index is 6.59. The van der Waals surface area contributed by atoms with Gasteiger partial charge in [0.05, 0.1) is 19.8 Å². The van der Waals surface area contributed by atoms with Gasteiger partial charge in [0.25, 0.3) is 0 Å². The van der Waals surface area contributed by atoms with Gasteiger partial charge in [0.1, 0.15) is 0 Å². The quantitative estimate of drug-likeness (QED) is 0.0456. The zero-order chi connectivity index (χ0) is 40.4. The first-order chi connectivity index (χ1) is 28.2. The Labute approximate surface area is 349 Å². The number of rotatable bonds is 38. The Balaban J connectivity index is 1.66. The van der Waals surface area contributed by atoms with Crippen molar-refractivity contribution in [3.8, 4) is 40.2 Å². The number of hydrogen-bond donors (Lipinski definition) is 1. The lowest BCUT2D eigenvalue weighted by atomic mass is 10.1. The van der Waals surface area contributed by atoms with E-state index in [1.54, 1.807) is 0 Å². The predicted molar refractivity (Wildman–Crippen MR) is 242 cm³/mol. The molecule has 0 saturated heterocycles. The van der Waals surface area contributed by atoms with E-state index in [4.69, 9.17) is 24.4 Å². The second-order valence-electron chi connectivity index (χ2n) is 16.4. The van der Waals surface area contributed by atoms with Crippen molar-refractivity contribution in [2.75, 3.05) is 25.6 Å². The van der Waals surface area contributed by atoms with Crippen LogP contribution in [-0.4, -0.2) is 30.0 Å². The molecule has 3 aromatic rings. The molecule has 0 spiro atoms. The minimum Gasteiger partial charge on any atom is -0.490 e. The molecule has 0 bridgehead atoms. The molecule has 0 unspecified atom stereocenters. The number of hydrogen-bond acceptors (Lipinski definition) is 7. The molecule has 2 N–H and O–H groups in total. The van der Waals surface area contributed by atoms with E-state index in [2.05, 4.69) is 31.0 Å². The van der Waals surface area contributed by atoms with Crippen LogP contribution in [0, 0.1) is 0 Å². The van der Waals surface area contributed by atoms with Gasteiger partial charge < -0.3 is 24.4 Å². The van der Waals surface area contributed by atoms with Crippen molar-refractivity contribution < 1.29 is 18.6 Å². The third kappa shape index (κ3) is 21.9. The van der Waals surface area contributed by atoms with Crippen LogP contribution in [0.15, 0.2) is 40.8 Å². The Morgan fingerprint density at radius 3 is 1.09 bits per heavy atom. The molecular formula is C50H83N3O4. The fourth-order valence-corrected chi connectivity index (χ4v) is 7.45. The average Bonchev–Trinajstić information content (AvgIpc) is 3.72. The summed E-state index contributed by atoms with van der Waals surface area (Å²) >= 11 is 0. The second kappa shape index (κ2) is 32.7. The Hall–Kier alpha value is -3.22. The number of unbranched alkanes of at least 4 members (excludes halogenated alkanes) is 27. The van der Waals surface area contributed by atoms with Gasteiger partial charge in [0.15, 0.2) is 11.5 Å². The largest absolute Gasteiger partial charge is 0.490 e. The lowest BCUT2D eigenvalue weighted by Gasteiger charge is -2.18. The van der Waals surface area contributed by atoms with Crippen LogP contribution >= 0.6 is 0 Å². The van der Waals surface area contributed by atoms with Crippen molar-refractivity contribution >= 4 is 5.69 Å². The highest BCUT2D eigenvalue weighted by Gasteiger charge is 2.20. The Morgan fingerprint density at radius 2 is 0.719 bits per heavy atom. The summed E-state index contributed by atoms with van der Waals surface area (Å²) in [6.07, 6.45) is 38.6. The highest BCUT2D eigenvalue weighted by molar-refractivity contribution is 5.67. The van der Waals surface area contributed by atoms with E-state index in [1.165, 1.54) is 173 Å². The van der Waals surface area contributed by atoms with Crippen molar-refractivity contribution in [3.05, 3.63) is 36.4 Å². The number of ether oxygens (including phenoxy) is 3. The highest BCUT2D eigenvalue weighted by atomic mass is 16.5. The molecule has 0 aliphatic heterocycles. The van der Waals surface area contributed by atoms with Crippen molar-refractivity contribution in [3.63, 3.8) is 0 Å². The lowest BCUT2D eigenvalue weighted by molar-refractivity contribution is 0.234. The first-order valence-corrected chi connectivity index (χ1v) is 23.9. The van der Waals surface area contributed by atoms with Gasteiger partial charge in [-0.2, -0.15) is 0 Å². The van der Waals surface area contributed by atoms with E-state index in [-0.39, 0.29) is 0 Å². The molecule has 3 rings (SSSR count). The predicted octanol–water partition coefficient (Wildman–Crippen LogP) is 15.9. The number of benzene rings is 2. The molecule has 0 aliphatic rings. The normalized spacial score (nSPS) is 11.4. The van der Waals surface area contributed by atoms with Gasteiger partial charge in [0, 0.05) is 16.8 Å². The molecule has 57 heavy (non-hydrogen) atoms. The molecule has 0 saturated carbocycles. The topological polar surface area (TPSA) is 92.6 Å². The number of nitrogen functional groups attached to an aromatic ring is 1. The minimum absolute atomic E-state index is 0.427. The summed E-state index contributed by atoms with van der Waals surface area (Å²) in [6.45, 7) is 8.75. The fourth-order valence-electron chi connectivity index (χ4n) is 7.45. The summed E-state index contributed by atoms with van der Waals surface area (Å²) in [5, 5.41) is 8.83. The number of anilines is 1. The van der Waals surface area contributed by atoms with Gasteiger partial charge >= 0.3 is 0 Å². The van der Waals surface area contributed by atoms with Crippen LogP contribution in [0.5, 0.6) is 17.2 Å². The summed E-state index contributed by atoms with van der Waals surface area (Å²) < 4.78 is 25.9. The molecule has 0 radical (unpaired) electrons. The molecule has 1 aromatic heterocycles. The first-order valence-electron chi connectivity index (χ1n) is 23.9. The van der Waals surface area contributed by atoms with Crippen LogP contribution in [0.3, 0.4) is 0 Å². The zero-order valence-electron chi connectivity index (χ0n) is 36.9. The number of aromatic nitrogens is 2. The smallest absolute Gasteiger partial charge is 0.248 e. The van der Waals surface area contributed by atoms with Crippen LogP contribution in [0.4, 0.5) is 5.69 Å². The van der Waals surface area contributed by atoms with Crippen LogP contribution in [0.2, 0.25) is 0 Å². The number of nitrogens with zero attached hydrogens (tertiary/aromatic N) is 2. The van der Waals surface area contributed by atoms with E-state index in [9.17, 15) is 0 Å². The maximum absolute atomic E-state index is 6.59. The Morgan fingerprint density at radius 1 is 0.404 bits per heavy atom. The Kier molecular flexibility index (Phi) is 27.6. The van der Waals surface area contributed by atoms with Gasteiger partial charge in [-0.05, 0) is 55.7 Å². The zero-order valence-corrected chi connectivity index (χ0v) is 36.9. The summed E-state index contributed by atoms with van der Waals surface area (Å²) in [5.74, 6) is 2.97. The van der Waals surface area contributed by atoms with Crippen LogP contribution in [0.1, 0.15) is 213 Å². The third-order valence-corrected chi connectivity index (χ3v) is 11.1. The molecule has 322 valence electrons. The standard InChI is InChI=1S/C50H83N3O4/c1-4-7-10-13-16-19-22-25-28-31-38-54-46-41-44(50-53-52-49(57-50)43-34-36-45(51)37-35-43)42-47(55-39-32-29-26-23-20-17-14-11-8-5-2)48(46)56-40-33-30-27-24-21-18-15-12-9-6-3/h34-37,41-42H,4-33,38-40,51H2,1-3H3. The van der Waals surface area contributed by atoms with Crippen molar-refractivity contribution in [2.24, 2.45) is 0 Å². The fraction of sp³-hybridized carbons (Fsp3) is 0.720. The van der Waals surface area contributed by atoms with Gasteiger partial charge in [-0.3, -0.25) is 0 Å². The Bertz CT molecular complexity index is 1330. The molecule has 7 heteroatoms. The third-order valence-electron chi connectivity index (χ3n) is 11.1. The molecule has 0 fully saturated rings. The molecule has 1 heterocycles. The molecule has 7 nitrogen and oxygen atoms in total. The van der Waals surface area contributed by atoms with Crippen molar-refractivity contribution in [1.29, 1.82) is 0 Å². The summed E-state index contributed by atoms with van der Waals surface area (Å²) in [5.41, 5.74) is 8.23. The lowest BCUT2D eigenvalue weighted by Crippen LogP contribution is -2.07. The minimum atomic E-state index is 0.427. The van der Waals surface area contributed by atoms with E-state index in [1.807, 2.05) is 36.4 Å². The summed E-state index contributed by atoms with van der Waals surface area (Å²) in [6, 6.07) is 11.5. The molecule has 2 aromatic carbocycles. The van der Waals surface area contributed by atoms with Crippen LogP contribution in [0.25, 0.3) is 22.9 Å². The van der Waals surface area contributed by atoms with Gasteiger partial charge in [0.2, 0.25) is 17.5 Å². The second-order valence-corrected chi connectivity index (χ2v) is 16.4. The average molecular weight is 790 g/mol. The maximum Gasteiger partial charge on any atom is 0.248 e. The van der Waals surface area contributed by atoms with Crippen LogP contribution in [-0.2, 0) is 0 Å². The summed E-state index contributed by atoms with van der Waals surface area (Å²) in [7, 11) is 0. The first kappa shape index (κ1) is 48.2. The van der Waals surface area contributed by atoms with Gasteiger partial charge in [-0.15, -0.1) is 10.2 Å². The molecule has 0 atom stereocenters. The van der Waals surface area contributed by atoms with Gasteiger partial charge in [-0.1, -0.05) is 194 Å². The van der Waals surface area contributed by atoms with E-state index in [0.29, 0.717) is 54.5 Å². The van der Waals surface area contributed by atoms with Crippen molar-refractivity contribution in [2.45, 2.75) is 213 Å². The van der Waals surface area contributed by atoms with Crippen molar-refractivity contribution in [1.82, 2.24) is 10.2 Å². The molecule has 0 amide bonds.